The zero-order chi connectivity index (χ0) is 23.1. The van der Waals surface area contributed by atoms with E-state index in [-0.39, 0.29) is 10.6 Å². The van der Waals surface area contributed by atoms with Crippen molar-refractivity contribution in [3.8, 4) is 27.9 Å². The molecule has 5 aromatic carbocycles. The van der Waals surface area contributed by atoms with Gasteiger partial charge in [0.1, 0.15) is 0 Å². The first-order chi connectivity index (χ1) is 16.7. The molecule has 4 heteroatoms. The van der Waals surface area contributed by atoms with E-state index in [4.69, 9.17) is 0 Å². The smallest absolute Gasteiger partial charge is 0.277 e. The standard InChI is InChI=1S/C30H20N2O2/c33-32(34)29-16-7-5-12-25(29)27-14-8-13-26-24-11-4-6-15-28(24)31(30(26)27)23-19-17-22(18-20-23)21-9-2-1-3-10-21/h1-20H. The van der Waals surface area contributed by atoms with Crippen LogP contribution in [0.4, 0.5) is 5.69 Å². The van der Waals surface area contributed by atoms with Crippen LogP contribution in [0, 0.1) is 10.1 Å². The molecular formula is C30H20N2O2. The Hall–Kier alpha value is -4.70. The molecule has 0 N–H and O–H groups in total. The van der Waals surface area contributed by atoms with Crippen LogP contribution in [0.3, 0.4) is 0 Å². The second-order valence-electron chi connectivity index (χ2n) is 8.24. The fourth-order valence-electron chi connectivity index (χ4n) is 4.80. The van der Waals surface area contributed by atoms with Gasteiger partial charge >= 0.3 is 0 Å². The van der Waals surface area contributed by atoms with E-state index in [1.54, 1.807) is 12.1 Å². The average molecular weight is 441 g/mol. The molecule has 34 heavy (non-hydrogen) atoms. The zero-order valence-electron chi connectivity index (χ0n) is 18.3. The van der Waals surface area contributed by atoms with Crippen LogP contribution < -0.4 is 0 Å². The van der Waals surface area contributed by atoms with Crippen molar-refractivity contribution >= 4 is 27.5 Å². The molecule has 0 aliphatic heterocycles. The third-order valence-corrected chi connectivity index (χ3v) is 6.32. The molecule has 0 fully saturated rings. The molecule has 0 saturated heterocycles. The molecule has 0 spiro atoms. The molecule has 6 rings (SSSR count). The number of nitro benzene ring substituents is 1. The van der Waals surface area contributed by atoms with E-state index in [0.29, 0.717) is 5.56 Å². The maximum absolute atomic E-state index is 11.8. The summed E-state index contributed by atoms with van der Waals surface area (Å²) in [7, 11) is 0. The van der Waals surface area contributed by atoms with Crippen LogP contribution in [0.2, 0.25) is 0 Å². The van der Waals surface area contributed by atoms with Gasteiger partial charge in [-0.1, -0.05) is 91.0 Å². The van der Waals surface area contributed by atoms with E-state index >= 15 is 0 Å². The van der Waals surface area contributed by atoms with Crippen molar-refractivity contribution in [2.45, 2.75) is 0 Å². The topological polar surface area (TPSA) is 48.1 Å². The number of aromatic nitrogens is 1. The van der Waals surface area contributed by atoms with E-state index in [9.17, 15) is 10.1 Å². The summed E-state index contributed by atoms with van der Waals surface area (Å²) in [6.45, 7) is 0. The Morgan fingerprint density at radius 1 is 0.559 bits per heavy atom. The molecule has 0 radical (unpaired) electrons. The molecule has 1 heterocycles. The molecule has 0 bridgehead atoms. The molecule has 6 aromatic rings. The van der Waals surface area contributed by atoms with Crippen LogP contribution in [0.1, 0.15) is 0 Å². The molecule has 0 aliphatic rings. The Balaban J connectivity index is 1.65. The van der Waals surface area contributed by atoms with Gasteiger partial charge in [-0.3, -0.25) is 10.1 Å². The first kappa shape index (κ1) is 19.9. The normalized spacial score (nSPS) is 11.2. The van der Waals surface area contributed by atoms with Crippen LogP contribution in [0.25, 0.3) is 49.7 Å². The first-order valence-electron chi connectivity index (χ1n) is 11.1. The lowest BCUT2D eigenvalue weighted by atomic mass is 10.0. The fraction of sp³-hybridized carbons (Fsp3) is 0. The summed E-state index contributed by atoms with van der Waals surface area (Å²) < 4.78 is 2.21. The zero-order valence-corrected chi connectivity index (χ0v) is 18.3. The largest absolute Gasteiger partial charge is 0.309 e. The molecular weight excluding hydrogens is 420 g/mol. The van der Waals surface area contributed by atoms with Gasteiger partial charge in [0.25, 0.3) is 5.69 Å². The average Bonchev–Trinajstić information content (AvgIpc) is 3.24. The Labute approximate surface area is 196 Å². The van der Waals surface area contributed by atoms with Crippen molar-refractivity contribution in [2.75, 3.05) is 0 Å². The van der Waals surface area contributed by atoms with E-state index in [1.165, 1.54) is 0 Å². The molecule has 0 aliphatic carbocycles. The van der Waals surface area contributed by atoms with E-state index in [0.717, 1.165) is 44.2 Å². The maximum Gasteiger partial charge on any atom is 0.277 e. The van der Waals surface area contributed by atoms with Gasteiger partial charge < -0.3 is 4.57 Å². The number of rotatable bonds is 4. The molecule has 0 unspecified atom stereocenters. The number of nitro groups is 1. The Morgan fingerprint density at radius 2 is 1.18 bits per heavy atom. The SMILES string of the molecule is O=[N+]([O-])c1ccccc1-c1cccc2c3ccccc3n(-c3ccc(-c4ccccc4)cc3)c12. The summed E-state index contributed by atoms with van der Waals surface area (Å²) in [5.74, 6) is 0. The summed E-state index contributed by atoms with van der Waals surface area (Å²) in [5.41, 5.74) is 6.90. The van der Waals surface area contributed by atoms with Crippen molar-refractivity contribution < 1.29 is 4.92 Å². The minimum Gasteiger partial charge on any atom is -0.309 e. The summed E-state index contributed by atoms with van der Waals surface area (Å²) in [5, 5.41) is 14.0. The number of hydrogen-bond acceptors (Lipinski definition) is 2. The van der Waals surface area contributed by atoms with Gasteiger partial charge in [0.05, 0.1) is 21.5 Å². The number of nitrogens with zero attached hydrogens (tertiary/aromatic N) is 2. The summed E-state index contributed by atoms with van der Waals surface area (Å²) >= 11 is 0. The van der Waals surface area contributed by atoms with Gasteiger partial charge in [-0.15, -0.1) is 0 Å². The van der Waals surface area contributed by atoms with Gasteiger partial charge in [-0.2, -0.15) is 0 Å². The fourth-order valence-corrected chi connectivity index (χ4v) is 4.80. The van der Waals surface area contributed by atoms with Crippen molar-refractivity contribution in [3.05, 3.63) is 131 Å². The van der Waals surface area contributed by atoms with Crippen LogP contribution in [0.15, 0.2) is 121 Å². The summed E-state index contributed by atoms with van der Waals surface area (Å²) in [6.07, 6.45) is 0. The Bertz CT molecular complexity index is 1670. The van der Waals surface area contributed by atoms with Crippen molar-refractivity contribution in [2.24, 2.45) is 0 Å². The second-order valence-corrected chi connectivity index (χ2v) is 8.24. The molecule has 0 amide bonds. The van der Waals surface area contributed by atoms with Gasteiger partial charge in [-0.05, 0) is 35.4 Å². The highest BCUT2D eigenvalue weighted by molar-refractivity contribution is 6.14. The van der Waals surface area contributed by atoms with Crippen molar-refractivity contribution in [1.82, 2.24) is 4.57 Å². The molecule has 1 aromatic heterocycles. The van der Waals surface area contributed by atoms with Crippen molar-refractivity contribution in [3.63, 3.8) is 0 Å². The van der Waals surface area contributed by atoms with Gasteiger partial charge in [0.2, 0.25) is 0 Å². The molecule has 0 saturated carbocycles. The third kappa shape index (κ3) is 3.16. The first-order valence-corrected chi connectivity index (χ1v) is 11.1. The number of fused-ring (bicyclic) bond motifs is 3. The summed E-state index contributed by atoms with van der Waals surface area (Å²) in [6, 6.07) is 40.0. The van der Waals surface area contributed by atoms with E-state index < -0.39 is 0 Å². The van der Waals surface area contributed by atoms with Gasteiger partial charge in [0.15, 0.2) is 0 Å². The molecule has 4 nitrogen and oxygen atoms in total. The lowest BCUT2D eigenvalue weighted by molar-refractivity contribution is -0.384. The van der Waals surface area contributed by atoms with Crippen molar-refractivity contribution in [1.29, 1.82) is 0 Å². The Kier molecular flexibility index (Phi) is 4.70. The van der Waals surface area contributed by atoms with E-state index in [2.05, 4.69) is 59.2 Å². The lowest BCUT2D eigenvalue weighted by Gasteiger charge is -2.12. The van der Waals surface area contributed by atoms with Gasteiger partial charge in [-0.25, -0.2) is 0 Å². The van der Waals surface area contributed by atoms with Gasteiger partial charge in [0, 0.05) is 28.1 Å². The third-order valence-electron chi connectivity index (χ3n) is 6.32. The Morgan fingerprint density at radius 3 is 1.97 bits per heavy atom. The maximum atomic E-state index is 11.8. The second kappa shape index (κ2) is 8.01. The minimum absolute atomic E-state index is 0.103. The predicted molar refractivity (Wildman–Crippen MR) is 138 cm³/mol. The highest BCUT2D eigenvalue weighted by atomic mass is 16.6. The van der Waals surface area contributed by atoms with Crippen LogP contribution in [0.5, 0.6) is 0 Å². The number of benzene rings is 5. The van der Waals surface area contributed by atoms with Crippen LogP contribution in [-0.2, 0) is 0 Å². The number of hydrogen-bond donors (Lipinski definition) is 0. The quantitative estimate of drug-likeness (QED) is 0.206. The van der Waals surface area contributed by atoms with Crippen LogP contribution in [-0.4, -0.2) is 9.49 Å². The van der Waals surface area contributed by atoms with Crippen LogP contribution >= 0.6 is 0 Å². The number of para-hydroxylation sites is 3. The summed E-state index contributed by atoms with van der Waals surface area (Å²) in [4.78, 5) is 11.5. The molecule has 0 atom stereocenters. The lowest BCUT2D eigenvalue weighted by Crippen LogP contribution is -1.97. The minimum atomic E-state index is -0.310. The van der Waals surface area contributed by atoms with E-state index in [1.807, 2.05) is 54.6 Å². The predicted octanol–water partition coefficient (Wildman–Crippen LogP) is 8.03. The molecule has 162 valence electrons. The monoisotopic (exact) mass is 440 g/mol. The highest BCUT2D eigenvalue weighted by Gasteiger charge is 2.21. The highest BCUT2D eigenvalue weighted by Crippen LogP contribution is 2.40.